The molecule has 0 spiro atoms. The minimum absolute atomic E-state index is 0.244. The number of rotatable bonds is 4. The fourth-order valence-corrected chi connectivity index (χ4v) is 1.91. The molecule has 1 aliphatic rings. The summed E-state index contributed by atoms with van der Waals surface area (Å²) in [7, 11) is 0. The van der Waals surface area contributed by atoms with Crippen molar-refractivity contribution in [2.24, 2.45) is 11.8 Å². The molecule has 72 valence electrons. The number of halogens is 2. The minimum atomic E-state index is -2.59. The molecule has 0 heterocycles. The molecule has 0 aromatic carbocycles. The highest BCUT2D eigenvalue weighted by Crippen LogP contribution is 2.33. The van der Waals surface area contributed by atoms with Crippen LogP contribution >= 0.6 is 0 Å². The van der Waals surface area contributed by atoms with E-state index in [0.717, 1.165) is 18.8 Å². The van der Waals surface area contributed by atoms with Crippen LogP contribution in [0.15, 0.2) is 0 Å². The number of hydrogen-bond donors (Lipinski definition) is 0. The van der Waals surface area contributed by atoms with E-state index in [-0.39, 0.29) is 6.61 Å². The van der Waals surface area contributed by atoms with E-state index in [1.165, 1.54) is 12.8 Å². The summed E-state index contributed by atoms with van der Waals surface area (Å²) in [4.78, 5) is 0. The van der Waals surface area contributed by atoms with Crippen molar-refractivity contribution in [1.29, 1.82) is 0 Å². The maximum Gasteiger partial charge on any atom is 0.345 e. The Balaban J connectivity index is 2.11. The maximum atomic E-state index is 11.6. The molecule has 3 heteroatoms. The average Bonchev–Trinajstić information content (AvgIpc) is 2.48. The van der Waals surface area contributed by atoms with Crippen LogP contribution in [0.25, 0.3) is 0 Å². The summed E-state index contributed by atoms with van der Waals surface area (Å²) in [5.41, 5.74) is 0. The van der Waals surface area contributed by atoms with Gasteiger partial charge in [0, 0.05) is 0 Å². The normalized spacial score (nSPS) is 30.0. The second-order valence-corrected chi connectivity index (χ2v) is 3.55. The van der Waals surface area contributed by atoms with Gasteiger partial charge in [0.2, 0.25) is 0 Å². The molecular weight excluding hydrogens is 162 g/mol. The van der Waals surface area contributed by atoms with Gasteiger partial charge < -0.3 is 4.74 Å². The van der Waals surface area contributed by atoms with Crippen LogP contribution in [0.3, 0.4) is 0 Å². The monoisotopic (exact) mass is 178 g/mol. The van der Waals surface area contributed by atoms with Crippen molar-refractivity contribution in [3.63, 3.8) is 0 Å². The Bertz CT molecular complexity index is 128. The predicted molar refractivity (Wildman–Crippen MR) is 43.1 cm³/mol. The SMILES string of the molecule is CCC1CCC(COC(F)F)C1. The topological polar surface area (TPSA) is 9.23 Å². The van der Waals surface area contributed by atoms with Crippen LogP contribution in [0.4, 0.5) is 8.78 Å². The molecule has 0 aliphatic heterocycles. The molecule has 12 heavy (non-hydrogen) atoms. The van der Waals surface area contributed by atoms with Crippen molar-refractivity contribution < 1.29 is 13.5 Å². The molecule has 0 radical (unpaired) electrons. The first-order valence-electron chi connectivity index (χ1n) is 4.62. The van der Waals surface area contributed by atoms with Crippen LogP contribution in [-0.4, -0.2) is 13.2 Å². The largest absolute Gasteiger partial charge is 0.345 e. The molecule has 0 N–H and O–H groups in total. The fourth-order valence-electron chi connectivity index (χ4n) is 1.91. The van der Waals surface area contributed by atoms with Gasteiger partial charge in [0.1, 0.15) is 0 Å². The quantitative estimate of drug-likeness (QED) is 0.643. The van der Waals surface area contributed by atoms with Gasteiger partial charge in [0.05, 0.1) is 6.61 Å². The smallest absolute Gasteiger partial charge is 0.323 e. The Morgan fingerprint density at radius 2 is 2.00 bits per heavy atom. The van der Waals surface area contributed by atoms with Gasteiger partial charge >= 0.3 is 6.61 Å². The highest BCUT2D eigenvalue weighted by molar-refractivity contribution is 4.74. The third-order valence-electron chi connectivity index (χ3n) is 2.69. The zero-order valence-corrected chi connectivity index (χ0v) is 7.43. The summed E-state index contributed by atoms with van der Waals surface area (Å²) in [6.07, 6.45) is 4.49. The van der Waals surface area contributed by atoms with E-state index in [2.05, 4.69) is 11.7 Å². The Labute approximate surface area is 72.1 Å². The van der Waals surface area contributed by atoms with Crippen molar-refractivity contribution in [1.82, 2.24) is 0 Å². The predicted octanol–water partition coefficient (Wildman–Crippen LogP) is 3.05. The molecule has 1 fully saturated rings. The van der Waals surface area contributed by atoms with Gasteiger partial charge in [-0.25, -0.2) is 0 Å². The lowest BCUT2D eigenvalue weighted by atomic mass is 10.0. The van der Waals surface area contributed by atoms with Gasteiger partial charge in [-0.1, -0.05) is 19.8 Å². The Hall–Kier alpha value is -0.180. The van der Waals surface area contributed by atoms with Gasteiger partial charge in [-0.05, 0) is 24.7 Å². The van der Waals surface area contributed by atoms with Crippen molar-refractivity contribution in [2.45, 2.75) is 39.2 Å². The molecule has 2 atom stereocenters. The van der Waals surface area contributed by atoms with Crippen molar-refractivity contribution >= 4 is 0 Å². The second kappa shape index (κ2) is 4.75. The molecule has 0 aromatic rings. The lowest BCUT2D eigenvalue weighted by molar-refractivity contribution is -0.137. The van der Waals surface area contributed by atoms with E-state index in [9.17, 15) is 8.78 Å². The molecule has 2 unspecified atom stereocenters. The molecule has 0 amide bonds. The van der Waals surface area contributed by atoms with Gasteiger partial charge in [0.15, 0.2) is 0 Å². The molecule has 1 nitrogen and oxygen atoms in total. The van der Waals surface area contributed by atoms with E-state index in [1.807, 2.05) is 0 Å². The van der Waals surface area contributed by atoms with Crippen LogP contribution < -0.4 is 0 Å². The van der Waals surface area contributed by atoms with Gasteiger partial charge in [-0.2, -0.15) is 8.78 Å². The first-order valence-corrected chi connectivity index (χ1v) is 4.62. The van der Waals surface area contributed by atoms with E-state index < -0.39 is 6.61 Å². The summed E-state index contributed by atoms with van der Waals surface area (Å²) in [6, 6.07) is 0. The molecule has 0 bridgehead atoms. The highest BCUT2D eigenvalue weighted by atomic mass is 19.3. The zero-order chi connectivity index (χ0) is 8.97. The van der Waals surface area contributed by atoms with E-state index >= 15 is 0 Å². The number of alkyl halides is 2. The molecule has 1 aliphatic carbocycles. The van der Waals surface area contributed by atoms with E-state index in [0.29, 0.717) is 5.92 Å². The van der Waals surface area contributed by atoms with Crippen LogP contribution in [0.5, 0.6) is 0 Å². The zero-order valence-electron chi connectivity index (χ0n) is 7.43. The molecule has 1 rings (SSSR count). The van der Waals surface area contributed by atoms with Gasteiger partial charge in [-0.15, -0.1) is 0 Å². The first-order chi connectivity index (χ1) is 5.72. The van der Waals surface area contributed by atoms with Crippen molar-refractivity contribution in [3.05, 3.63) is 0 Å². The third-order valence-corrected chi connectivity index (χ3v) is 2.69. The van der Waals surface area contributed by atoms with Crippen molar-refractivity contribution in [3.8, 4) is 0 Å². The van der Waals surface area contributed by atoms with E-state index in [4.69, 9.17) is 0 Å². The Morgan fingerprint density at radius 1 is 1.33 bits per heavy atom. The Kier molecular flexibility index (Phi) is 3.92. The van der Waals surface area contributed by atoms with Crippen LogP contribution in [-0.2, 0) is 4.74 Å². The highest BCUT2D eigenvalue weighted by Gasteiger charge is 2.24. The van der Waals surface area contributed by atoms with Crippen LogP contribution in [0.2, 0.25) is 0 Å². The van der Waals surface area contributed by atoms with Gasteiger partial charge in [0.25, 0.3) is 0 Å². The summed E-state index contributed by atoms with van der Waals surface area (Å²) in [5, 5.41) is 0. The van der Waals surface area contributed by atoms with E-state index in [1.54, 1.807) is 0 Å². The molecular formula is C9H16F2O. The molecule has 0 aromatic heterocycles. The second-order valence-electron chi connectivity index (χ2n) is 3.55. The lowest BCUT2D eigenvalue weighted by Gasteiger charge is -2.09. The minimum Gasteiger partial charge on any atom is -0.323 e. The summed E-state index contributed by atoms with van der Waals surface area (Å²) < 4.78 is 27.6. The standard InChI is InChI=1S/C9H16F2O/c1-2-7-3-4-8(5-7)6-12-9(10)11/h7-9H,2-6H2,1H3. The molecule has 0 saturated heterocycles. The fraction of sp³-hybridized carbons (Fsp3) is 1.00. The summed E-state index contributed by atoms with van der Waals surface area (Å²) in [6.45, 7) is -0.194. The molecule has 1 saturated carbocycles. The maximum absolute atomic E-state index is 11.6. The van der Waals surface area contributed by atoms with Crippen LogP contribution in [0.1, 0.15) is 32.6 Å². The third kappa shape index (κ3) is 3.05. The van der Waals surface area contributed by atoms with Crippen molar-refractivity contribution in [2.75, 3.05) is 6.61 Å². The summed E-state index contributed by atoms with van der Waals surface area (Å²) in [5.74, 6) is 1.13. The van der Waals surface area contributed by atoms with Crippen LogP contribution in [0, 0.1) is 11.8 Å². The number of hydrogen-bond acceptors (Lipinski definition) is 1. The lowest BCUT2D eigenvalue weighted by Crippen LogP contribution is -2.09. The Morgan fingerprint density at radius 3 is 2.50 bits per heavy atom. The number of ether oxygens (including phenoxy) is 1. The average molecular weight is 178 g/mol. The first kappa shape index (κ1) is 9.90. The summed E-state index contributed by atoms with van der Waals surface area (Å²) >= 11 is 0. The van der Waals surface area contributed by atoms with Gasteiger partial charge in [-0.3, -0.25) is 0 Å².